The third kappa shape index (κ3) is 4.19. The summed E-state index contributed by atoms with van der Waals surface area (Å²) in [5.74, 6) is -0.441. The Balaban J connectivity index is 2.02. The molecule has 0 saturated heterocycles. The fraction of sp³-hybridized carbons (Fsp3) is 0.0714. The monoisotopic (exact) mass is 305 g/mol. The molecule has 0 spiro atoms. The molecule has 7 heteroatoms. The Bertz CT molecular complexity index is 659. The molecule has 0 radical (unpaired) electrons. The van der Waals surface area contributed by atoms with Gasteiger partial charge in [-0.3, -0.25) is 14.6 Å². The molecule has 1 heterocycles. The van der Waals surface area contributed by atoms with Crippen LogP contribution in [0, 0.1) is 0 Å². The highest BCUT2D eigenvalue weighted by atomic mass is 35.5. The van der Waals surface area contributed by atoms with E-state index in [2.05, 4.69) is 10.3 Å². The van der Waals surface area contributed by atoms with E-state index in [1.165, 1.54) is 18.5 Å². The molecule has 0 unspecified atom stereocenters. The molecule has 2 amide bonds. The second kappa shape index (κ2) is 6.71. The van der Waals surface area contributed by atoms with Crippen LogP contribution in [0.3, 0.4) is 0 Å². The van der Waals surface area contributed by atoms with E-state index in [1.807, 2.05) is 0 Å². The first kappa shape index (κ1) is 14.8. The highest BCUT2D eigenvalue weighted by Crippen LogP contribution is 2.18. The molecule has 0 aliphatic carbocycles. The maximum Gasteiger partial charge on any atom is 0.258 e. The van der Waals surface area contributed by atoms with E-state index in [4.69, 9.17) is 22.1 Å². The van der Waals surface area contributed by atoms with Gasteiger partial charge in [-0.05, 0) is 30.3 Å². The molecule has 1 aromatic heterocycles. The lowest BCUT2D eigenvalue weighted by molar-refractivity contribution is -0.119. The number of hydrogen-bond donors (Lipinski definition) is 2. The molecule has 1 aromatic carbocycles. The van der Waals surface area contributed by atoms with Crippen molar-refractivity contribution in [1.82, 2.24) is 4.98 Å². The lowest BCUT2D eigenvalue weighted by atomic mass is 10.2. The van der Waals surface area contributed by atoms with Gasteiger partial charge in [0.05, 0.1) is 10.6 Å². The van der Waals surface area contributed by atoms with Crippen molar-refractivity contribution < 1.29 is 14.3 Å². The third-order valence-corrected chi connectivity index (χ3v) is 2.84. The number of benzene rings is 1. The van der Waals surface area contributed by atoms with Crippen LogP contribution in [-0.2, 0) is 4.79 Å². The Hall–Kier alpha value is -2.60. The Morgan fingerprint density at radius 2 is 1.95 bits per heavy atom. The summed E-state index contributed by atoms with van der Waals surface area (Å²) < 4.78 is 5.11. The molecular weight excluding hydrogens is 294 g/mol. The molecule has 2 aromatic rings. The van der Waals surface area contributed by atoms with Crippen molar-refractivity contribution in [3.05, 3.63) is 53.3 Å². The number of carbonyl (C=O) groups is 2. The number of ether oxygens (including phenoxy) is 1. The zero-order valence-corrected chi connectivity index (χ0v) is 11.6. The highest BCUT2D eigenvalue weighted by Gasteiger charge is 2.10. The molecule has 108 valence electrons. The Kier molecular flexibility index (Phi) is 4.73. The van der Waals surface area contributed by atoms with Gasteiger partial charge in [0.15, 0.2) is 6.61 Å². The average molecular weight is 306 g/mol. The summed E-state index contributed by atoms with van der Waals surface area (Å²) in [6.45, 7) is -0.197. The van der Waals surface area contributed by atoms with E-state index >= 15 is 0 Å². The van der Waals surface area contributed by atoms with Crippen molar-refractivity contribution in [3.63, 3.8) is 0 Å². The fourth-order valence-electron chi connectivity index (χ4n) is 1.53. The van der Waals surface area contributed by atoms with E-state index in [0.29, 0.717) is 16.5 Å². The summed E-state index contributed by atoms with van der Waals surface area (Å²) in [6, 6.07) is 8.04. The van der Waals surface area contributed by atoms with Crippen LogP contribution in [0.15, 0.2) is 42.7 Å². The summed E-state index contributed by atoms with van der Waals surface area (Å²) >= 11 is 5.92. The lowest BCUT2D eigenvalue weighted by Gasteiger charge is -2.08. The number of nitrogens with zero attached hydrogens (tertiary/aromatic N) is 1. The van der Waals surface area contributed by atoms with Crippen molar-refractivity contribution in [2.45, 2.75) is 0 Å². The molecule has 0 aliphatic heterocycles. The summed E-state index contributed by atoms with van der Waals surface area (Å²) in [6.07, 6.45) is 2.89. The number of nitrogens with two attached hydrogens (primary N) is 1. The molecule has 6 nitrogen and oxygen atoms in total. The quantitative estimate of drug-likeness (QED) is 0.881. The van der Waals surface area contributed by atoms with Gasteiger partial charge in [-0.2, -0.15) is 0 Å². The fourth-order valence-corrected chi connectivity index (χ4v) is 1.72. The molecule has 2 rings (SSSR count). The summed E-state index contributed by atoms with van der Waals surface area (Å²) in [5.41, 5.74) is 5.82. The largest absolute Gasteiger partial charge is 0.484 e. The molecule has 0 atom stereocenters. The number of aromatic nitrogens is 1. The van der Waals surface area contributed by atoms with Crippen molar-refractivity contribution in [2.24, 2.45) is 5.73 Å². The van der Waals surface area contributed by atoms with E-state index in [1.54, 1.807) is 24.3 Å². The van der Waals surface area contributed by atoms with Gasteiger partial charge in [0.25, 0.3) is 11.8 Å². The first-order valence-electron chi connectivity index (χ1n) is 5.98. The van der Waals surface area contributed by atoms with Crippen LogP contribution < -0.4 is 15.8 Å². The minimum absolute atomic E-state index is 0.197. The van der Waals surface area contributed by atoms with Crippen molar-refractivity contribution >= 4 is 29.1 Å². The normalized spacial score (nSPS) is 9.95. The van der Waals surface area contributed by atoms with Gasteiger partial charge in [0, 0.05) is 18.1 Å². The third-order valence-electron chi connectivity index (χ3n) is 2.51. The summed E-state index contributed by atoms with van der Waals surface area (Å²) in [5, 5.41) is 3.00. The zero-order chi connectivity index (χ0) is 15.2. The van der Waals surface area contributed by atoms with Gasteiger partial charge in [-0.25, -0.2) is 0 Å². The number of pyridine rings is 1. The van der Waals surface area contributed by atoms with Crippen LogP contribution in [-0.4, -0.2) is 23.4 Å². The van der Waals surface area contributed by atoms with E-state index in [0.717, 1.165) is 0 Å². The second-order valence-electron chi connectivity index (χ2n) is 4.09. The Labute approximate surface area is 125 Å². The number of carbonyl (C=O) groups excluding carboxylic acids is 2. The van der Waals surface area contributed by atoms with Gasteiger partial charge < -0.3 is 15.8 Å². The van der Waals surface area contributed by atoms with Crippen LogP contribution in [0.5, 0.6) is 5.75 Å². The number of nitrogens with one attached hydrogen (secondary N) is 1. The molecular formula is C14H12ClN3O3. The van der Waals surface area contributed by atoms with Crippen molar-refractivity contribution in [1.29, 1.82) is 0 Å². The molecule has 0 bridgehead atoms. The number of hydrogen-bond acceptors (Lipinski definition) is 4. The standard InChI is InChI=1S/C14H12ClN3O3/c15-12-5-6-17-7-11(12)14(20)18-9-1-3-10(4-2-9)21-8-13(16)19/h1-7H,8H2,(H2,16,19)(H,18,20). The van der Waals surface area contributed by atoms with Crippen molar-refractivity contribution in [3.8, 4) is 5.75 Å². The molecule has 0 saturated carbocycles. The Morgan fingerprint density at radius 3 is 2.57 bits per heavy atom. The topological polar surface area (TPSA) is 94.3 Å². The number of anilines is 1. The van der Waals surface area contributed by atoms with E-state index in [-0.39, 0.29) is 18.1 Å². The zero-order valence-electron chi connectivity index (χ0n) is 10.9. The molecule has 21 heavy (non-hydrogen) atoms. The second-order valence-corrected chi connectivity index (χ2v) is 4.50. The van der Waals surface area contributed by atoms with Gasteiger partial charge >= 0.3 is 0 Å². The van der Waals surface area contributed by atoms with Crippen LogP contribution in [0.4, 0.5) is 5.69 Å². The number of amides is 2. The van der Waals surface area contributed by atoms with E-state index in [9.17, 15) is 9.59 Å². The summed E-state index contributed by atoms with van der Waals surface area (Å²) in [4.78, 5) is 26.5. The highest BCUT2D eigenvalue weighted by molar-refractivity contribution is 6.34. The number of rotatable bonds is 5. The maximum absolute atomic E-state index is 12.0. The minimum Gasteiger partial charge on any atom is -0.484 e. The summed E-state index contributed by atoms with van der Waals surface area (Å²) in [7, 11) is 0. The van der Waals surface area contributed by atoms with Crippen LogP contribution >= 0.6 is 11.6 Å². The molecule has 3 N–H and O–H groups in total. The minimum atomic E-state index is -0.557. The number of halogens is 1. The van der Waals surface area contributed by atoms with Gasteiger partial charge in [-0.1, -0.05) is 11.6 Å². The van der Waals surface area contributed by atoms with Crippen LogP contribution in [0.2, 0.25) is 5.02 Å². The smallest absolute Gasteiger partial charge is 0.258 e. The predicted molar refractivity (Wildman–Crippen MR) is 78.3 cm³/mol. The predicted octanol–water partition coefficient (Wildman–Crippen LogP) is 1.85. The van der Waals surface area contributed by atoms with Crippen molar-refractivity contribution in [2.75, 3.05) is 11.9 Å². The SMILES string of the molecule is NC(=O)COc1ccc(NC(=O)c2cnccc2Cl)cc1. The Morgan fingerprint density at radius 1 is 1.24 bits per heavy atom. The van der Waals surface area contributed by atoms with Crippen LogP contribution in [0.1, 0.15) is 10.4 Å². The van der Waals surface area contributed by atoms with Gasteiger partial charge in [-0.15, -0.1) is 0 Å². The van der Waals surface area contributed by atoms with Gasteiger partial charge in [0.1, 0.15) is 5.75 Å². The molecule has 0 aliphatic rings. The van der Waals surface area contributed by atoms with Crippen LogP contribution in [0.25, 0.3) is 0 Å². The maximum atomic E-state index is 12.0. The van der Waals surface area contributed by atoms with E-state index < -0.39 is 5.91 Å². The first-order chi connectivity index (χ1) is 10.1. The first-order valence-corrected chi connectivity index (χ1v) is 6.36. The lowest BCUT2D eigenvalue weighted by Crippen LogP contribution is -2.20. The average Bonchev–Trinajstić information content (AvgIpc) is 2.47. The molecule has 0 fully saturated rings. The number of primary amides is 1. The van der Waals surface area contributed by atoms with Gasteiger partial charge in [0.2, 0.25) is 0 Å².